The molecule has 0 N–H and O–H groups in total. The van der Waals surface area contributed by atoms with Gasteiger partial charge < -0.3 is 14.2 Å². The average Bonchev–Trinajstić information content (AvgIpc) is 3.49. The molecule has 0 aliphatic heterocycles. The Morgan fingerprint density at radius 2 is 0.518 bits per heavy atom. The van der Waals surface area contributed by atoms with Crippen LogP contribution >= 0.6 is 0 Å². The third kappa shape index (κ3) is 69.5. The third-order valence-corrected chi connectivity index (χ3v) is 16.2. The number of hydrogen-bond acceptors (Lipinski definition) is 6. The average molecular weight is 1160 g/mol. The van der Waals surface area contributed by atoms with Crippen molar-refractivity contribution in [2.24, 2.45) is 0 Å². The molecule has 0 heterocycles. The predicted octanol–water partition coefficient (Wildman–Crippen LogP) is 25.2. The molecule has 0 spiro atoms. The fourth-order valence-electron chi connectivity index (χ4n) is 10.8. The Hall–Kier alpha value is -3.15. The largest absolute Gasteiger partial charge is 0.462 e. The topological polar surface area (TPSA) is 78.9 Å². The van der Waals surface area contributed by atoms with Crippen molar-refractivity contribution in [3.63, 3.8) is 0 Å². The first-order valence-electron chi connectivity index (χ1n) is 36.4. The smallest absolute Gasteiger partial charge is 0.309 e. The molecule has 6 nitrogen and oxygen atoms in total. The van der Waals surface area contributed by atoms with E-state index in [0.717, 1.165) is 70.6 Å². The first-order valence-corrected chi connectivity index (χ1v) is 36.4. The van der Waals surface area contributed by atoms with Gasteiger partial charge in [-0.3, -0.25) is 14.4 Å². The standard InChI is InChI=1S/C77H138O6/c1-4-7-10-13-16-19-22-25-28-30-32-34-35-36-37-38-39-40-41-43-44-46-49-52-55-58-61-64-67-70-76(79)82-73-74(72-81-75(78)69-66-63-60-57-54-51-48-27-24-21-18-15-12-9-6-3)83-77(80)71-68-65-62-59-56-53-50-47-45-42-33-31-29-26-23-20-17-14-11-8-5-2/h9,12,18,21,27,30,32,48,54,57,63,66,74H,4-8,10-11,13-17,19-20,22-26,28-29,31,33-47,49-53,55-56,58-62,64-65,67-73H2,1-3H3/b12-9-,21-18-,32-30-,48-27-,57-54-,66-63-. The zero-order chi connectivity index (χ0) is 59.9. The Morgan fingerprint density at radius 1 is 0.265 bits per heavy atom. The molecule has 0 aliphatic rings. The first-order chi connectivity index (χ1) is 41.0. The molecule has 0 aromatic heterocycles. The summed E-state index contributed by atoms with van der Waals surface area (Å²) in [5.74, 6) is -1.01. The highest BCUT2D eigenvalue weighted by molar-refractivity contribution is 5.72. The van der Waals surface area contributed by atoms with Crippen LogP contribution in [0.1, 0.15) is 380 Å². The van der Waals surface area contributed by atoms with Crippen LogP contribution in [0.2, 0.25) is 0 Å². The van der Waals surface area contributed by atoms with Crippen LogP contribution in [0.25, 0.3) is 0 Å². The lowest BCUT2D eigenvalue weighted by Gasteiger charge is -2.18. The minimum atomic E-state index is -0.814. The molecule has 0 saturated carbocycles. The van der Waals surface area contributed by atoms with E-state index in [-0.39, 0.29) is 31.6 Å². The predicted molar refractivity (Wildman–Crippen MR) is 362 cm³/mol. The van der Waals surface area contributed by atoms with E-state index < -0.39 is 12.1 Å². The van der Waals surface area contributed by atoms with Gasteiger partial charge in [-0.15, -0.1) is 0 Å². The number of rotatable bonds is 67. The zero-order valence-electron chi connectivity index (χ0n) is 55.5. The number of carbonyl (C=O) groups excluding carboxylic acids is 3. The Bertz CT molecular complexity index is 1520. The fraction of sp³-hybridized carbons (Fsp3) is 0.805. The number of unbranched alkanes of at least 4 members (excludes halogenated alkanes) is 45. The Labute approximate surface area is 516 Å². The van der Waals surface area contributed by atoms with Gasteiger partial charge >= 0.3 is 17.9 Å². The molecule has 0 saturated heterocycles. The van der Waals surface area contributed by atoms with Crippen molar-refractivity contribution in [2.45, 2.75) is 386 Å². The molecule has 0 radical (unpaired) electrons. The number of allylic oxidation sites excluding steroid dienone is 11. The van der Waals surface area contributed by atoms with E-state index in [4.69, 9.17) is 14.2 Å². The summed E-state index contributed by atoms with van der Waals surface area (Å²) >= 11 is 0. The Morgan fingerprint density at radius 3 is 0.831 bits per heavy atom. The maximum absolute atomic E-state index is 13.0. The molecule has 1 atom stereocenters. The first kappa shape index (κ1) is 79.8. The summed E-state index contributed by atoms with van der Waals surface area (Å²) in [6.07, 6.45) is 94.1. The minimum absolute atomic E-state index is 0.101. The van der Waals surface area contributed by atoms with Crippen LogP contribution in [0.5, 0.6) is 0 Å². The normalized spacial score (nSPS) is 12.5. The lowest BCUT2D eigenvalue weighted by Crippen LogP contribution is -2.30. The number of carbonyl (C=O) groups is 3. The molecular formula is C77H138O6. The second-order valence-corrected chi connectivity index (χ2v) is 24.5. The summed E-state index contributed by atoms with van der Waals surface area (Å²) in [5, 5.41) is 0. The summed E-state index contributed by atoms with van der Waals surface area (Å²) in [4.78, 5) is 38.4. The van der Waals surface area contributed by atoms with Gasteiger partial charge in [0.05, 0.1) is 6.42 Å². The van der Waals surface area contributed by atoms with Crippen LogP contribution in [-0.4, -0.2) is 37.2 Å². The lowest BCUT2D eigenvalue weighted by molar-refractivity contribution is -0.166. The molecule has 0 aromatic carbocycles. The Kier molecular flexibility index (Phi) is 68.6. The van der Waals surface area contributed by atoms with E-state index >= 15 is 0 Å². The second kappa shape index (κ2) is 71.3. The van der Waals surface area contributed by atoms with Crippen LogP contribution in [0.15, 0.2) is 72.9 Å². The van der Waals surface area contributed by atoms with Gasteiger partial charge in [0.15, 0.2) is 6.10 Å². The van der Waals surface area contributed by atoms with Crippen molar-refractivity contribution in [1.82, 2.24) is 0 Å². The Balaban J connectivity index is 4.28. The zero-order valence-corrected chi connectivity index (χ0v) is 55.5. The van der Waals surface area contributed by atoms with Crippen molar-refractivity contribution in [3.05, 3.63) is 72.9 Å². The van der Waals surface area contributed by atoms with Crippen molar-refractivity contribution >= 4 is 17.9 Å². The molecule has 83 heavy (non-hydrogen) atoms. The van der Waals surface area contributed by atoms with Gasteiger partial charge in [0.1, 0.15) is 13.2 Å². The van der Waals surface area contributed by atoms with Gasteiger partial charge in [0, 0.05) is 12.8 Å². The summed E-state index contributed by atoms with van der Waals surface area (Å²) < 4.78 is 16.9. The van der Waals surface area contributed by atoms with Gasteiger partial charge in [-0.25, -0.2) is 0 Å². The van der Waals surface area contributed by atoms with Gasteiger partial charge in [-0.2, -0.15) is 0 Å². The number of hydrogen-bond donors (Lipinski definition) is 0. The van der Waals surface area contributed by atoms with Crippen LogP contribution < -0.4 is 0 Å². The van der Waals surface area contributed by atoms with Crippen molar-refractivity contribution < 1.29 is 28.6 Å². The molecule has 1 unspecified atom stereocenters. The monoisotopic (exact) mass is 1160 g/mol. The maximum Gasteiger partial charge on any atom is 0.309 e. The highest BCUT2D eigenvalue weighted by Gasteiger charge is 2.19. The van der Waals surface area contributed by atoms with E-state index in [2.05, 4.69) is 81.5 Å². The maximum atomic E-state index is 13.0. The van der Waals surface area contributed by atoms with Crippen LogP contribution in [0, 0.1) is 0 Å². The summed E-state index contributed by atoms with van der Waals surface area (Å²) in [6.45, 7) is 6.50. The van der Waals surface area contributed by atoms with Gasteiger partial charge in [0.2, 0.25) is 0 Å². The van der Waals surface area contributed by atoms with E-state index in [0.29, 0.717) is 12.8 Å². The summed E-state index contributed by atoms with van der Waals surface area (Å²) in [6, 6.07) is 0. The van der Waals surface area contributed by atoms with Gasteiger partial charge in [-0.1, -0.05) is 363 Å². The molecule has 0 fully saturated rings. The van der Waals surface area contributed by atoms with E-state index in [1.165, 1.54) is 270 Å². The quantitative estimate of drug-likeness (QED) is 0.0261. The molecule has 0 rings (SSSR count). The molecule has 0 amide bonds. The molecule has 0 bridgehead atoms. The summed E-state index contributed by atoms with van der Waals surface area (Å²) in [7, 11) is 0. The minimum Gasteiger partial charge on any atom is -0.462 e. The van der Waals surface area contributed by atoms with Crippen molar-refractivity contribution in [3.8, 4) is 0 Å². The SMILES string of the molecule is CC/C=C\C/C=C\C/C=C\C/C=C\C/C=C\CC(=O)OCC(COC(=O)CCCCCCCCCCCCCCCCCCC/C=C\CCCCCCCCCC)OC(=O)CCCCCCCCCCCCCCCCCCCCCCC. The van der Waals surface area contributed by atoms with Crippen LogP contribution in [0.3, 0.4) is 0 Å². The fourth-order valence-corrected chi connectivity index (χ4v) is 10.8. The van der Waals surface area contributed by atoms with Gasteiger partial charge in [0.25, 0.3) is 0 Å². The van der Waals surface area contributed by atoms with E-state index in [1.54, 1.807) is 0 Å². The highest BCUT2D eigenvalue weighted by atomic mass is 16.6. The van der Waals surface area contributed by atoms with E-state index in [9.17, 15) is 14.4 Å². The lowest BCUT2D eigenvalue weighted by atomic mass is 10.0. The van der Waals surface area contributed by atoms with E-state index in [1.807, 2.05) is 12.2 Å². The van der Waals surface area contributed by atoms with Gasteiger partial charge in [-0.05, 0) is 70.6 Å². The molecular weight excluding hydrogens is 1020 g/mol. The molecule has 0 aromatic rings. The molecule has 6 heteroatoms. The number of esters is 3. The van der Waals surface area contributed by atoms with Crippen molar-refractivity contribution in [1.29, 1.82) is 0 Å². The van der Waals surface area contributed by atoms with Crippen LogP contribution in [0.4, 0.5) is 0 Å². The molecule has 482 valence electrons. The highest BCUT2D eigenvalue weighted by Crippen LogP contribution is 2.18. The van der Waals surface area contributed by atoms with Crippen molar-refractivity contribution in [2.75, 3.05) is 13.2 Å². The second-order valence-electron chi connectivity index (χ2n) is 24.5. The third-order valence-electron chi connectivity index (χ3n) is 16.2. The number of ether oxygens (including phenoxy) is 3. The summed E-state index contributed by atoms with van der Waals surface area (Å²) in [5.41, 5.74) is 0. The van der Waals surface area contributed by atoms with Crippen LogP contribution in [-0.2, 0) is 28.6 Å². The molecule has 0 aliphatic carbocycles.